The summed E-state index contributed by atoms with van der Waals surface area (Å²) >= 11 is 1.67. The molecule has 0 saturated carbocycles. The fraction of sp³-hybridized carbons (Fsp3) is 0.364. The molecule has 0 fully saturated rings. The van der Waals surface area contributed by atoms with Gasteiger partial charge in [-0.25, -0.2) is 22.2 Å². The van der Waals surface area contributed by atoms with Crippen molar-refractivity contribution in [3.8, 4) is 11.5 Å². The molecule has 0 bridgehead atoms. The second-order valence-electron chi connectivity index (χ2n) is 6.59. The van der Waals surface area contributed by atoms with E-state index in [1.54, 1.807) is 20.8 Å². The van der Waals surface area contributed by atoms with Crippen molar-refractivity contribution in [2.45, 2.75) is 32.6 Å². The highest BCUT2D eigenvalue weighted by Gasteiger charge is 2.12. The smallest absolute Gasteiger partial charge is 0.344 e. The van der Waals surface area contributed by atoms with Gasteiger partial charge in [0, 0.05) is 10.7 Å². The topological polar surface area (TPSA) is 155 Å². The van der Waals surface area contributed by atoms with Crippen LogP contribution in [0.3, 0.4) is 0 Å². The van der Waals surface area contributed by atoms with Crippen molar-refractivity contribution in [2.75, 3.05) is 26.4 Å². The molecule has 15 heteroatoms. The third-order valence-electron chi connectivity index (χ3n) is 3.87. The second-order valence-corrected chi connectivity index (χ2v) is 10.1. The van der Waals surface area contributed by atoms with Gasteiger partial charge in [0.05, 0.1) is 30.0 Å². The minimum Gasteiger partial charge on any atom is -0.749 e. The largest absolute Gasteiger partial charge is 0.749 e. The fourth-order valence-corrected chi connectivity index (χ4v) is 3.17. The van der Waals surface area contributed by atoms with E-state index in [0.717, 1.165) is 11.3 Å². The van der Waals surface area contributed by atoms with Crippen LogP contribution in [0.4, 0.5) is 0 Å². The van der Waals surface area contributed by atoms with E-state index in [1.807, 2.05) is 31.2 Å². The van der Waals surface area contributed by atoms with Gasteiger partial charge in [-0.15, -0.1) is 0 Å². The molecule has 0 aliphatic heterocycles. The molecule has 11 nitrogen and oxygen atoms in total. The quantitative estimate of drug-likeness (QED) is 0.222. The zero-order valence-electron chi connectivity index (χ0n) is 20.4. The number of ether oxygens (including phenoxy) is 4. The maximum Gasteiger partial charge on any atom is 0.344 e. The molecule has 0 aromatic heterocycles. The van der Waals surface area contributed by atoms with Crippen LogP contribution >= 0.6 is 22.5 Å². The maximum atomic E-state index is 11.1. The number of halogens is 2. The summed E-state index contributed by atoms with van der Waals surface area (Å²) in [6.45, 7) is 7.47. The van der Waals surface area contributed by atoms with Gasteiger partial charge in [-0.1, -0.05) is 18.2 Å². The molecule has 0 N–H and O–H groups in total. The lowest BCUT2D eigenvalue weighted by Gasteiger charge is -2.09. The molecule has 0 amide bonds. The number of hydrogen-bond acceptors (Lipinski definition) is 11. The summed E-state index contributed by atoms with van der Waals surface area (Å²) in [5.74, 6) is 0.314. The van der Waals surface area contributed by atoms with E-state index in [-0.39, 0.29) is 30.7 Å². The van der Waals surface area contributed by atoms with Crippen molar-refractivity contribution in [1.29, 1.82) is 0 Å². The number of esters is 2. The average molecular weight is 602 g/mol. The Morgan fingerprint density at radius 3 is 1.73 bits per heavy atom. The van der Waals surface area contributed by atoms with Crippen LogP contribution in [0.25, 0.3) is 0 Å². The second kappa shape index (κ2) is 18.8. The molecule has 37 heavy (non-hydrogen) atoms. The van der Waals surface area contributed by atoms with Crippen LogP contribution in [0.5, 0.6) is 11.5 Å². The Labute approximate surface area is 228 Å². The van der Waals surface area contributed by atoms with Gasteiger partial charge in [0.25, 0.3) is 9.05 Å². The van der Waals surface area contributed by atoms with Gasteiger partial charge in [-0.3, -0.25) is 0 Å². The highest BCUT2D eigenvalue weighted by Crippen LogP contribution is 2.23. The monoisotopic (exact) mass is 601 g/mol. The molecule has 0 spiro atoms. The summed E-state index contributed by atoms with van der Waals surface area (Å²) in [4.78, 5) is 22.1. The molecule has 1 unspecified atom stereocenters. The summed E-state index contributed by atoms with van der Waals surface area (Å²) in [7, 11) is 1.45. The number of rotatable bonds is 10. The first kappa shape index (κ1) is 34.6. The highest BCUT2D eigenvalue weighted by atomic mass is 35.7. The SMILES string of the molecule is CCOC(=O)COc1ccc(S(=O)(=O)Cl)cc1C.CCOC(=O)COc1ccccc1C.O=S([O-])OCl. The zero-order chi connectivity index (χ0) is 28.4. The minimum atomic E-state index is -3.76. The summed E-state index contributed by atoms with van der Waals surface area (Å²) in [6, 6.07) is 11.7. The first-order valence-corrected chi connectivity index (χ1v) is 14.0. The van der Waals surface area contributed by atoms with E-state index in [1.165, 1.54) is 18.2 Å². The molecule has 2 rings (SSSR count). The lowest BCUT2D eigenvalue weighted by molar-refractivity contribution is -0.146. The first-order chi connectivity index (χ1) is 17.3. The standard InChI is InChI=1S/C11H13ClO5S.C11H14O3.ClHO3S/c1-3-16-11(13)7-17-10-5-4-9(6-8(10)2)18(12,14)15;1-3-13-11(12)8-14-10-7-5-4-6-9(10)2;1-4-5(2)3/h4-6H,3,7H2,1-2H3;4-7H,3,8H2,1-2H3;(H,2,3)/p-1. The molecule has 0 heterocycles. The number of aryl methyl sites for hydroxylation is 2. The highest BCUT2D eigenvalue weighted by molar-refractivity contribution is 8.13. The zero-order valence-corrected chi connectivity index (χ0v) is 23.6. The number of carbonyl (C=O) groups excluding carboxylic acids is 2. The lowest BCUT2D eigenvalue weighted by Crippen LogP contribution is -2.15. The van der Waals surface area contributed by atoms with Crippen LogP contribution in [0.2, 0.25) is 0 Å². The van der Waals surface area contributed by atoms with Gasteiger partial charge in [0.1, 0.15) is 22.9 Å². The number of carbonyl (C=O) groups is 2. The van der Waals surface area contributed by atoms with Gasteiger partial charge >= 0.3 is 11.9 Å². The summed E-state index contributed by atoms with van der Waals surface area (Å²) < 4.78 is 63.3. The molecule has 2 aromatic rings. The van der Waals surface area contributed by atoms with Crippen LogP contribution in [0.1, 0.15) is 25.0 Å². The predicted octanol–water partition coefficient (Wildman–Crippen LogP) is 3.75. The Kier molecular flexibility index (Phi) is 17.5. The molecule has 2 aromatic carbocycles. The van der Waals surface area contributed by atoms with E-state index >= 15 is 0 Å². The van der Waals surface area contributed by atoms with Crippen LogP contribution < -0.4 is 9.47 Å². The van der Waals surface area contributed by atoms with Crippen LogP contribution in [-0.2, 0) is 43.2 Å². The van der Waals surface area contributed by atoms with Crippen LogP contribution in [-0.4, -0.2) is 55.5 Å². The molecule has 1 atom stereocenters. The van der Waals surface area contributed by atoms with Crippen molar-refractivity contribution >= 4 is 54.9 Å². The van der Waals surface area contributed by atoms with Gasteiger partial charge in [-0.05, 0) is 63.1 Å². The Balaban J connectivity index is 0.000000605. The molecule has 0 saturated heterocycles. The number of benzene rings is 2. The summed E-state index contributed by atoms with van der Waals surface area (Å²) in [5, 5.41) is 0. The van der Waals surface area contributed by atoms with Crippen LogP contribution in [0.15, 0.2) is 47.4 Å². The predicted molar refractivity (Wildman–Crippen MR) is 136 cm³/mol. The van der Waals surface area contributed by atoms with E-state index in [9.17, 15) is 18.0 Å². The van der Waals surface area contributed by atoms with E-state index in [2.05, 4.69) is 15.6 Å². The van der Waals surface area contributed by atoms with Gasteiger partial charge in [0.2, 0.25) is 0 Å². The van der Waals surface area contributed by atoms with Gasteiger partial charge in [0.15, 0.2) is 13.2 Å². The van der Waals surface area contributed by atoms with Crippen molar-refractivity contribution < 1.29 is 49.5 Å². The van der Waals surface area contributed by atoms with Gasteiger partial charge < -0.3 is 23.5 Å². The lowest BCUT2D eigenvalue weighted by atomic mass is 10.2. The molecule has 0 aliphatic carbocycles. The van der Waals surface area contributed by atoms with Gasteiger partial charge in [-0.2, -0.15) is 3.74 Å². The Morgan fingerprint density at radius 2 is 1.35 bits per heavy atom. The third-order valence-corrected chi connectivity index (χ3v) is 5.64. The minimum absolute atomic E-state index is 0.00912. The molecule has 208 valence electrons. The molecule has 0 aliphatic rings. The van der Waals surface area contributed by atoms with Crippen molar-refractivity contribution in [3.63, 3.8) is 0 Å². The van der Waals surface area contributed by atoms with Crippen molar-refractivity contribution in [2.24, 2.45) is 0 Å². The van der Waals surface area contributed by atoms with Crippen molar-refractivity contribution in [3.05, 3.63) is 53.6 Å². The summed E-state index contributed by atoms with van der Waals surface area (Å²) in [6.07, 6.45) is 0. The average Bonchev–Trinajstić information content (AvgIpc) is 2.83. The Morgan fingerprint density at radius 1 is 0.892 bits per heavy atom. The van der Waals surface area contributed by atoms with E-state index in [4.69, 9.17) is 38.4 Å². The third kappa shape index (κ3) is 16.1. The van der Waals surface area contributed by atoms with Crippen molar-refractivity contribution in [1.82, 2.24) is 0 Å². The fourth-order valence-electron chi connectivity index (χ4n) is 2.33. The molecule has 0 radical (unpaired) electrons. The van der Waals surface area contributed by atoms with E-state index < -0.39 is 26.4 Å². The Bertz CT molecular complexity index is 1130. The van der Waals surface area contributed by atoms with Crippen LogP contribution in [0, 0.1) is 13.8 Å². The first-order valence-electron chi connectivity index (χ1n) is 10.4. The molecular formula is C22H27Cl2O11S2-. The summed E-state index contributed by atoms with van der Waals surface area (Å²) in [5.41, 5.74) is 1.58. The molecular weight excluding hydrogens is 575 g/mol. The normalized spacial score (nSPS) is 11.0. The number of para-hydroxylation sites is 1. The number of hydrogen-bond donors (Lipinski definition) is 0. The maximum absolute atomic E-state index is 11.1. The Hall–Kier alpha value is -2.42. The van der Waals surface area contributed by atoms with E-state index in [0.29, 0.717) is 17.9 Å².